The van der Waals surface area contributed by atoms with Gasteiger partial charge >= 0.3 is 0 Å². The molecule has 0 aliphatic heterocycles. The Labute approximate surface area is 169 Å². The Morgan fingerprint density at radius 2 is 1.04 bits per heavy atom. The van der Waals surface area contributed by atoms with E-state index < -0.39 is 19.7 Å². The molecule has 0 spiro atoms. The van der Waals surface area contributed by atoms with Gasteiger partial charge in [0.25, 0.3) is 0 Å². The zero-order valence-corrected chi connectivity index (χ0v) is 18.2. The Balaban J connectivity index is 3.38. The third kappa shape index (κ3) is 6.61. The number of benzene rings is 1. The van der Waals surface area contributed by atoms with Gasteiger partial charge in [-0.25, -0.2) is 16.8 Å². The summed E-state index contributed by atoms with van der Waals surface area (Å²) in [7, 11) is -7.77. The lowest BCUT2D eigenvalue weighted by Gasteiger charge is -2.13. The van der Waals surface area contributed by atoms with E-state index in [1.165, 1.54) is 0 Å². The molecule has 0 saturated carbocycles. The van der Waals surface area contributed by atoms with Crippen LogP contribution >= 0.6 is 0 Å². The Bertz CT molecular complexity index is 874. The molecule has 28 heavy (non-hydrogen) atoms. The first-order valence-corrected chi connectivity index (χ1v) is 13.0. The van der Waals surface area contributed by atoms with Gasteiger partial charge in [0, 0.05) is 0 Å². The third-order valence-electron chi connectivity index (χ3n) is 4.53. The summed E-state index contributed by atoms with van der Waals surface area (Å²) in [5.74, 6) is -0.357. The Morgan fingerprint density at radius 3 is 1.32 bits per heavy atom. The minimum atomic E-state index is -3.89. The quantitative estimate of drug-likeness (QED) is 0.466. The van der Waals surface area contributed by atoms with E-state index in [1.54, 1.807) is 12.1 Å². The Morgan fingerprint density at radius 1 is 0.679 bits per heavy atom. The van der Waals surface area contributed by atoms with Crippen LogP contribution in [0.25, 0.3) is 0 Å². The summed E-state index contributed by atoms with van der Waals surface area (Å²) in [6.45, 7) is 4.02. The lowest BCUT2D eigenvalue weighted by molar-refractivity contribution is 0.576. The normalized spacial score (nSPS) is 11.7. The van der Waals surface area contributed by atoms with Crippen molar-refractivity contribution in [2.75, 3.05) is 11.5 Å². The second-order valence-corrected chi connectivity index (χ2v) is 11.0. The van der Waals surface area contributed by atoms with Gasteiger partial charge in [0.15, 0.2) is 19.7 Å². The van der Waals surface area contributed by atoms with E-state index >= 15 is 0 Å². The van der Waals surface area contributed by atoms with Gasteiger partial charge < -0.3 is 0 Å². The van der Waals surface area contributed by atoms with Gasteiger partial charge in [0.05, 0.1) is 32.4 Å². The zero-order valence-electron chi connectivity index (χ0n) is 16.6. The molecule has 0 atom stereocenters. The molecule has 1 rings (SSSR count). The number of sulfone groups is 2. The average Bonchev–Trinajstić information content (AvgIpc) is 2.67. The molecule has 1 aromatic carbocycles. The summed E-state index contributed by atoms with van der Waals surface area (Å²) in [4.78, 5) is -0.704. The van der Waals surface area contributed by atoms with E-state index in [-0.39, 0.29) is 32.4 Å². The fraction of sp³-hybridized carbons (Fsp3) is 0.600. The zero-order chi connectivity index (χ0) is 21.2. The van der Waals surface area contributed by atoms with Crippen LogP contribution < -0.4 is 0 Å². The molecule has 0 bridgehead atoms. The molecule has 0 aromatic heterocycles. The number of rotatable bonds is 12. The molecule has 154 valence electrons. The highest BCUT2D eigenvalue weighted by molar-refractivity contribution is 7.94. The van der Waals surface area contributed by atoms with Crippen LogP contribution in [0.5, 0.6) is 0 Å². The summed E-state index contributed by atoms with van der Waals surface area (Å²) in [6.07, 6.45) is 6.01. The first kappa shape index (κ1) is 24.1. The first-order valence-electron chi connectivity index (χ1n) is 9.67. The highest BCUT2D eigenvalue weighted by Gasteiger charge is 2.28. The molecule has 6 nitrogen and oxygen atoms in total. The minimum Gasteiger partial charge on any atom is -0.224 e. The van der Waals surface area contributed by atoms with Crippen LogP contribution in [-0.2, 0) is 19.7 Å². The number of nitriles is 2. The predicted octanol–water partition coefficient (Wildman–Crippen LogP) is 4.14. The van der Waals surface area contributed by atoms with E-state index in [0.29, 0.717) is 12.8 Å². The van der Waals surface area contributed by atoms with Gasteiger partial charge in [-0.2, -0.15) is 10.5 Å². The van der Waals surface area contributed by atoms with Gasteiger partial charge in [-0.3, -0.25) is 0 Å². The van der Waals surface area contributed by atoms with Crippen LogP contribution in [0.4, 0.5) is 0 Å². The Hall–Kier alpha value is -1.90. The lowest BCUT2D eigenvalue weighted by atomic mass is 10.1. The topological polar surface area (TPSA) is 116 Å². The van der Waals surface area contributed by atoms with Crippen molar-refractivity contribution < 1.29 is 16.8 Å². The van der Waals surface area contributed by atoms with E-state index in [4.69, 9.17) is 0 Å². The van der Waals surface area contributed by atoms with E-state index in [1.807, 2.05) is 13.8 Å². The SMILES string of the molecule is CCCCCCS(=O)(=O)c1cc(C#N)c(C#N)cc1S(=O)(=O)CCCCCC. The Kier molecular flexibility index (Phi) is 9.64. The van der Waals surface area contributed by atoms with Crippen LogP contribution in [0.1, 0.15) is 76.3 Å². The highest BCUT2D eigenvalue weighted by atomic mass is 32.2. The lowest BCUT2D eigenvalue weighted by Crippen LogP contribution is -2.16. The summed E-state index contributed by atoms with van der Waals surface area (Å²) in [5, 5.41) is 18.5. The van der Waals surface area contributed by atoms with Gasteiger partial charge in [-0.15, -0.1) is 0 Å². The van der Waals surface area contributed by atoms with E-state index in [2.05, 4.69) is 0 Å². The predicted molar refractivity (Wildman–Crippen MR) is 108 cm³/mol. The van der Waals surface area contributed by atoms with Crippen molar-refractivity contribution in [1.82, 2.24) is 0 Å². The van der Waals surface area contributed by atoms with Crippen molar-refractivity contribution >= 4 is 19.7 Å². The maximum absolute atomic E-state index is 12.9. The van der Waals surface area contributed by atoms with Crippen LogP contribution in [-0.4, -0.2) is 28.3 Å². The number of nitrogens with zero attached hydrogens (tertiary/aromatic N) is 2. The third-order valence-corrected chi connectivity index (χ3v) is 8.33. The van der Waals surface area contributed by atoms with Crippen molar-refractivity contribution in [2.45, 2.75) is 75.0 Å². The second kappa shape index (κ2) is 11.2. The van der Waals surface area contributed by atoms with Gasteiger partial charge in [0.2, 0.25) is 0 Å². The molecular formula is C20H28N2O4S2. The smallest absolute Gasteiger partial charge is 0.179 e. The van der Waals surface area contributed by atoms with Crippen LogP contribution in [0.15, 0.2) is 21.9 Å². The average molecular weight is 425 g/mol. The van der Waals surface area contributed by atoms with Crippen molar-refractivity contribution in [1.29, 1.82) is 10.5 Å². The van der Waals surface area contributed by atoms with Crippen molar-refractivity contribution in [3.63, 3.8) is 0 Å². The summed E-state index contributed by atoms with van der Waals surface area (Å²) >= 11 is 0. The first-order chi connectivity index (χ1) is 13.2. The summed E-state index contributed by atoms with van der Waals surface area (Å²) in [6, 6.07) is 5.68. The van der Waals surface area contributed by atoms with Gasteiger partial charge in [0.1, 0.15) is 12.1 Å². The molecule has 0 N–H and O–H groups in total. The second-order valence-electron chi connectivity index (χ2n) is 6.83. The van der Waals surface area contributed by atoms with Gasteiger partial charge in [-0.1, -0.05) is 52.4 Å². The molecule has 0 radical (unpaired) electrons. The maximum atomic E-state index is 12.9. The number of unbranched alkanes of at least 4 members (excludes halogenated alkanes) is 6. The number of hydrogen-bond acceptors (Lipinski definition) is 6. The molecular weight excluding hydrogens is 396 g/mol. The van der Waals surface area contributed by atoms with Crippen molar-refractivity contribution in [3.05, 3.63) is 23.3 Å². The molecule has 0 saturated heterocycles. The monoisotopic (exact) mass is 424 g/mol. The van der Waals surface area contributed by atoms with Crippen molar-refractivity contribution in [2.24, 2.45) is 0 Å². The van der Waals surface area contributed by atoms with E-state index in [9.17, 15) is 27.4 Å². The minimum absolute atomic E-state index is 0.125. The van der Waals surface area contributed by atoms with Crippen LogP contribution in [0.3, 0.4) is 0 Å². The molecule has 1 aromatic rings. The fourth-order valence-corrected chi connectivity index (χ4v) is 6.58. The molecule has 0 unspecified atom stereocenters. The molecule has 0 fully saturated rings. The standard InChI is InChI=1S/C20H28N2O4S2/c1-3-5-7-9-11-27(23,24)19-13-17(15-21)18(16-22)14-20(19)28(25,26)12-10-8-6-4-2/h13-14H,3-12H2,1-2H3. The molecule has 0 heterocycles. The molecule has 8 heteroatoms. The molecule has 0 amide bonds. The van der Waals surface area contributed by atoms with Gasteiger partial charge in [-0.05, 0) is 25.0 Å². The maximum Gasteiger partial charge on any atom is 0.179 e. The fourth-order valence-electron chi connectivity index (χ4n) is 2.89. The summed E-state index contributed by atoms with van der Waals surface area (Å²) in [5.41, 5.74) is -0.251. The van der Waals surface area contributed by atoms with E-state index in [0.717, 1.165) is 50.7 Å². The summed E-state index contributed by atoms with van der Waals surface area (Å²) < 4.78 is 51.4. The molecule has 0 aliphatic carbocycles. The van der Waals surface area contributed by atoms with Crippen molar-refractivity contribution in [3.8, 4) is 12.1 Å². The van der Waals surface area contributed by atoms with Crippen LogP contribution in [0.2, 0.25) is 0 Å². The van der Waals surface area contributed by atoms with Crippen LogP contribution in [0, 0.1) is 22.7 Å². The number of hydrogen-bond donors (Lipinski definition) is 0. The largest absolute Gasteiger partial charge is 0.224 e. The molecule has 0 aliphatic rings. The highest BCUT2D eigenvalue weighted by Crippen LogP contribution is 2.28.